The molecule has 0 bridgehead atoms. The van der Waals surface area contributed by atoms with Crippen LogP contribution in [0.5, 0.6) is 0 Å². The second kappa shape index (κ2) is 6.23. The molecule has 0 radical (unpaired) electrons. The largest absolute Gasteiger partial charge is 0.356 e. The zero-order valence-corrected chi connectivity index (χ0v) is 15.2. The van der Waals surface area contributed by atoms with Gasteiger partial charge in [-0.15, -0.1) is 0 Å². The van der Waals surface area contributed by atoms with Crippen molar-refractivity contribution in [2.45, 2.75) is 26.3 Å². The maximum atomic E-state index is 13.1. The second-order valence-electron chi connectivity index (χ2n) is 7.01. The number of hydrogen-bond acceptors (Lipinski definition) is 1. The molecule has 0 unspecified atom stereocenters. The summed E-state index contributed by atoms with van der Waals surface area (Å²) in [6.45, 7) is 5.07. The third kappa shape index (κ3) is 2.73. The summed E-state index contributed by atoms with van der Waals surface area (Å²) >= 11 is 6.08. The van der Waals surface area contributed by atoms with E-state index >= 15 is 0 Å². The number of fused-ring (bicyclic) bond motifs is 3. The first-order valence-electron chi connectivity index (χ1n) is 8.72. The molecule has 1 aliphatic heterocycles. The van der Waals surface area contributed by atoms with Gasteiger partial charge >= 0.3 is 0 Å². The van der Waals surface area contributed by atoms with E-state index in [-0.39, 0.29) is 11.9 Å². The van der Waals surface area contributed by atoms with Crippen molar-refractivity contribution in [1.82, 2.24) is 9.88 Å². The number of nitrogens with zero attached hydrogens (tertiary/aromatic N) is 1. The van der Waals surface area contributed by atoms with Gasteiger partial charge in [-0.25, -0.2) is 0 Å². The monoisotopic (exact) mass is 352 g/mol. The lowest BCUT2D eigenvalue weighted by molar-refractivity contribution is 0.0598. The van der Waals surface area contributed by atoms with Crippen LogP contribution in [0.15, 0.2) is 48.5 Å². The Labute approximate surface area is 152 Å². The molecule has 1 amide bonds. The van der Waals surface area contributed by atoms with Gasteiger partial charge in [0.2, 0.25) is 0 Å². The van der Waals surface area contributed by atoms with Crippen molar-refractivity contribution in [2.24, 2.45) is 5.92 Å². The molecule has 4 rings (SSSR count). The normalized spacial score (nSPS) is 17.1. The molecule has 3 aromatic rings. The number of amides is 1. The lowest BCUT2D eigenvalue weighted by Gasteiger charge is -2.38. The Bertz CT molecular complexity index is 944. The maximum absolute atomic E-state index is 13.1. The molecule has 0 saturated carbocycles. The third-order valence-corrected chi connectivity index (χ3v) is 5.28. The number of carbonyl (C=O) groups is 1. The highest BCUT2D eigenvalue weighted by atomic mass is 35.5. The number of rotatable bonds is 2. The van der Waals surface area contributed by atoms with Gasteiger partial charge in [0.25, 0.3) is 5.91 Å². The van der Waals surface area contributed by atoms with Gasteiger partial charge in [0.05, 0.1) is 6.04 Å². The van der Waals surface area contributed by atoms with Crippen molar-refractivity contribution >= 4 is 28.4 Å². The van der Waals surface area contributed by atoms with Gasteiger partial charge in [0.1, 0.15) is 0 Å². The lowest BCUT2D eigenvalue weighted by Crippen LogP contribution is -2.42. The van der Waals surface area contributed by atoms with Gasteiger partial charge in [0, 0.05) is 33.7 Å². The predicted molar refractivity (Wildman–Crippen MR) is 102 cm³/mol. The highest BCUT2D eigenvalue weighted by Gasteiger charge is 2.35. The number of aromatic nitrogens is 1. The molecule has 1 N–H and O–H groups in total. The molecule has 1 aromatic heterocycles. The Morgan fingerprint density at radius 1 is 1.20 bits per heavy atom. The second-order valence-corrected chi connectivity index (χ2v) is 7.45. The fourth-order valence-corrected chi connectivity index (χ4v) is 4.17. The molecular weight excluding hydrogens is 332 g/mol. The molecule has 1 aliphatic rings. The van der Waals surface area contributed by atoms with E-state index in [9.17, 15) is 4.79 Å². The first-order valence-corrected chi connectivity index (χ1v) is 9.10. The molecule has 25 heavy (non-hydrogen) atoms. The van der Waals surface area contributed by atoms with Crippen LogP contribution >= 0.6 is 11.6 Å². The summed E-state index contributed by atoms with van der Waals surface area (Å²) in [6.07, 6.45) is 0.870. The van der Waals surface area contributed by atoms with Crippen molar-refractivity contribution in [1.29, 1.82) is 0 Å². The number of aromatic amines is 1. The fraction of sp³-hybridized carbons (Fsp3) is 0.286. The number of nitrogens with one attached hydrogen (secondary N) is 1. The first-order chi connectivity index (χ1) is 12.1. The lowest BCUT2D eigenvalue weighted by atomic mass is 9.90. The van der Waals surface area contributed by atoms with E-state index in [0.29, 0.717) is 16.5 Å². The zero-order chi connectivity index (χ0) is 17.6. The maximum Gasteiger partial charge on any atom is 0.254 e. The summed E-state index contributed by atoms with van der Waals surface area (Å²) in [5, 5.41) is 1.87. The van der Waals surface area contributed by atoms with Gasteiger partial charge in [-0.3, -0.25) is 4.79 Å². The number of hydrogen-bond donors (Lipinski definition) is 1. The van der Waals surface area contributed by atoms with Crippen LogP contribution in [-0.4, -0.2) is 22.3 Å². The number of para-hydroxylation sites is 1. The summed E-state index contributed by atoms with van der Waals surface area (Å²) in [6, 6.07) is 15.7. The van der Waals surface area contributed by atoms with Crippen LogP contribution in [0, 0.1) is 5.92 Å². The van der Waals surface area contributed by atoms with Crippen molar-refractivity contribution in [3.63, 3.8) is 0 Å². The van der Waals surface area contributed by atoms with Crippen LogP contribution in [0.2, 0.25) is 5.02 Å². The smallest absolute Gasteiger partial charge is 0.254 e. The zero-order valence-electron chi connectivity index (χ0n) is 14.4. The van der Waals surface area contributed by atoms with E-state index < -0.39 is 0 Å². The predicted octanol–water partition coefficient (Wildman–Crippen LogP) is 5.22. The summed E-state index contributed by atoms with van der Waals surface area (Å²) in [4.78, 5) is 18.7. The minimum Gasteiger partial charge on any atom is -0.356 e. The molecule has 0 spiro atoms. The molecular formula is C21H21ClN2O. The molecule has 2 aromatic carbocycles. The average Bonchev–Trinajstić information content (AvgIpc) is 2.98. The molecule has 0 fully saturated rings. The minimum absolute atomic E-state index is 0.0441. The van der Waals surface area contributed by atoms with Crippen LogP contribution in [0.3, 0.4) is 0 Å². The van der Waals surface area contributed by atoms with Crippen LogP contribution < -0.4 is 0 Å². The van der Waals surface area contributed by atoms with E-state index in [0.717, 1.165) is 18.5 Å². The van der Waals surface area contributed by atoms with E-state index in [2.05, 4.69) is 37.0 Å². The minimum atomic E-state index is 0.0441. The summed E-state index contributed by atoms with van der Waals surface area (Å²) in [5.74, 6) is 0.362. The summed E-state index contributed by atoms with van der Waals surface area (Å²) in [7, 11) is 0. The quantitative estimate of drug-likeness (QED) is 0.674. The Balaban J connectivity index is 1.78. The van der Waals surface area contributed by atoms with Crippen LogP contribution in [0.25, 0.3) is 10.9 Å². The van der Waals surface area contributed by atoms with Gasteiger partial charge in [-0.2, -0.15) is 0 Å². The van der Waals surface area contributed by atoms with Crippen molar-refractivity contribution < 1.29 is 4.79 Å². The Morgan fingerprint density at radius 2 is 2.00 bits per heavy atom. The molecule has 4 heteroatoms. The van der Waals surface area contributed by atoms with Crippen LogP contribution in [-0.2, 0) is 6.42 Å². The highest BCUT2D eigenvalue weighted by molar-refractivity contribution is 6.30. The third-order valence-electron chi connectivity index (χ3n) is 5.04. The average molecular weight is 353 g/mol. The van der Waals surface area contributed by atoms with E-state index in [1.807, 2.05) is 23.1 Å². The van der Waals surface area contributed by atoms with Gasteiger partial charge in [-0.05, 0) is 42.2 Å². The van der Waals surface area contributed by atoms with Crippen LogP contribution in [0.4, 0.5) is 0 Å². The number of H-pyrrole nitrogens is 1. The first kappa shape index (κ1) is 16.2. The molecule has 0 aliphatic carbocycles. The summed E-state index contributed by atoms with van der Waals surface area (Å²) in [5.41, 5.74) is 4.33. The Morgan fingerprint density at radius 3 is 2.76 bits per heavy atom. The molecule has 1 atom stereocenters. The number of benzene rings is 2. The molecule has 3 nitrogen and oxygen atoms in total. The van der Waals surface area contributed by atoms with Crippen molar-refractivity contribution in [3.8, 4) is 0 Å². The summed E-state index contributed by atoms with van der Waals surface area (Å²) < 4.78 is 0. The Kier molecular flexibility index (Phi) is 4.04. The topological polar surface area (TPSA) is 36.1 Å². The Hall–Kier alpha value is -2.26. The molecule has 0 saturated heterocycles. The molecule has 2 heterocycles. The van der Waals surface area contributed by atoms with Gasteiger partial charge in [-0.1, -0.05) is 49.7 Å². The highest BCUT2D eigenvalue weighted by Crippen LogP contribution is 2.39. The van der Waals surface area contributed by atoms with Crippen LogP contribution in [0.1, 0.15) is 41.5 Å². The number of halogens is 1. The number of carbonyl (C=O) groups excluding carboxylic acids is 1. The SMILES string of the molecule is CC(C)[C@H]1c2[nH]c3ccccc3c2CCN1C(=O)c1cccc(Cl)c1. The van der Waals surface area contributed by atoms with E-state index in [1.165, 1.54) is 16.6 Å². The van der Waals surface area contributed by atoms with E-state index in [1.54, 1.807) is 12.1 Å². The van der Waals surface area contributed by atoms with Gasteiger partial charge in [0.15, 0.2) is 0 Å². The van der Waals surface area contributed by atoms with Gasteiger partial charge < -0.3 is 9.88 Å². The van der Waals surface area contributed by atoms with Crippen molar-refractivity contribution in [2.75, 3.05) is 6.54 Å². The van der Waals surface area contributed by atoms with Crippen molar-refractivity contribution in [3.05, 3.63) is 70.4 Å². The standard InChI is InChI=1S/C21H21ClN2O/c1-13(2)20-19-17(16-8-3-4-9-18(16)23-19)10-11-24(20)21(25)14-6-5-7-15(22)12-14/h3-9,12-13,20,23H,10-11H2,1-2H3/t20-/m0/s1. The fourth-order valence-electron chi connectivity index (χ4n) is 3.98. The molecule has 128 valence electrons. The van der Waals surface area contributed by atoms with E-state index in [4.69, 9.17) is 11.6 Å².